The molecule has 1 aliphatic carbocycles. The van der Waals surface area contributed by atoms with Crippen LogP contribution in [0.3, 0.4) is 0 Å². The van der Waals surface area contributed by atoms with Crippen LogP contribution in [0.2, 0.25) is 0 Å². The highest BCUT2D eigenvalue weighted by Crippen LogP contribution is 2.64. The predicted molar refractivity (Wildman–Crippen MR) is 107 cm³/mol. The Morgan fingerprint density at radius 1 is 1.11 bits per heavy atom. The molecule has 0 aromatic heterocycles. The fourth-order valence-corrected chi connectivity index (χ4v) is 3.76. The number of alkyl halides is 2. The van der Waals surface area contributed by atoms with E-state index in [9.17, 15) is 4.79 Å². The summed E-state index contributed by atoms with van der Waals surface area (Å²) in [4.78, 5) is 14.3. The lowest BCUT2D eigenvalue weighted by molar-refractivity contribution is -0.135. The topological polar surface area (TPSA) is 38.8 Å². The fraction of sp³-hybridized carbons (Fsp3) is 0.381. The first kappa shape index (κ1) is 19.8. The molecule has 0 unspecified atom stereocenters. The van der Waals surface area contributed by atoms with Gasteiger partial charge in [0.15, 0.2) is 11.5 Å². The second kappa shape index (κ2) is 7.61. The van der Waals surface area contributed by atoms with Gasteiger partial charge in [0.25, 0.3) is 0 Å². The van der Waals surface area contributed by atoms with E-state index >= 15 is 0 Å². The van der Waals surface area contributed by atoms with Crippen LogP contribution in [-0.2, 0) is 17.9 Å². The summed E-state index contributed by atoms with van der Waals surface area (Å²) in [6, 6.07) is 15.6. The van der Waals surface area contributed by atoms with Gasteiger partial charge in [-0.1, -0.05) is 36.4 Å². The Bertz CT molecular complexity index is 825. The van der Waals surface area contributed by atoms with Crippen LogP contribution >= 0.6 is 23.2 Å². The molecule has 4 nitrogen and oxygen atoms in total. The number of amides is 1. The molecule has 27 heavy (non-hydrogen) atoms. The summed E-state index contributed by atoms with van der Waals surface area (Å²) in [6.07, 6.45) is 0.474. The summed E-state index contributed by atoms with van der Waals surface area (Å²) in [5, 5.41) is 0. The number of halogens is 2. The Morgan fingerprint density at radius 2 is 1.78 bits per heavy atom. The zero-order valence-electron chi connectivity index (χ0n) is 15.7. The lowest BCUT2D eigenvalue weighted by atomic mass is 10.1. The van der Waals surface area contributed by atoms with Crippen LogP contribution < -0.4 is 9.47 Å². The van der Waals surface area contributed by atoms with Gasteiger partial charge in [0, 0.05) is 13.6 Å². The van der Waals surface area contributed by atoms with Crippen molar-refractivity contribution in [3.05, 3.63) is 59.7 Å². The molecule has 0 heterocycles. The average molecular weight is 408 g/mol. The van der Waals surface area contributed by atoms with Gasteiger partial charge in [-0.3, -0.25) is 4.79 Å². The van der Waals surface area contributed by atoms with Crippen LogP contribution in [0, 0.1) is 5.41 Å². The van der Waals surface area contributed by atoms with Crippen LogP contribution in [0.1, 0.15) is 24.5 Å². The Balaban J connectivity index is 1.66. The van der Waals surface area contributed by atoms with Crippen molar-refractivity contribution < 1.29 is 14.3 Å². The molecule has 1 fully saturated rings. The maximum absolute atomic E-state index is 12.6. The van der Waals surface area contributed by atoms with E-state index in [4.69, 9.17) is 32.7 Å². The molecule has 0 spiro atoms. The summed E-state index contributed by atoms with van der Waals surface area (Å²) < 4.78 is 10.4. The first-order chi connectivity index (χ1) is 12.8. The van der Waals surface area contributed by atoms with Crippen LogP contribution in [0.25, 0.3) is 0 Å². The molecule has 1 amide bonds. The lowest BCUT2D eigenvalue weighted by Gasteiger charge is -2.23. The molecular formula is C21H23Cl2NO3. The number of carbonyl (C=O) groups is 1. The standard InChI is InChI=1S/C21H23Cl2NO3/c1-20(14-21(20,22)23)19(25)24(2)12-16-9-10-17(18(11-16)26-3)27-13-15-7-5-4-6-8-15/h4-11H,12-14H2,1-3H3/t20-/m0/s1. The van der Waals surface area contributed by atoms with Gasteiger partial charge >= 0.3 is 0 Å². The Morgan fingerprint density at radius 3 is 2.37 bits per heavy atom. The molecule has 0 aliphatic heterocycles. The largest absolute Gasteiger partial charge is 0.493 e. The van der Waals surface area contributed by atoms with Crippen molar-refractivity contribution in [3.63, 3.8) is 0 Å². The first-order valence-corrected chi connectivity index (χ1v) is 9.49. The van der Waals surface area contributed by atoms with E-state index in [1.165, 1.54) is 0 Å². The number of ether oxygens (including phenoxy) is 2. The summed E-state index contributed by atoms with van der Waals surface area (Å²) in [7, 11) is 3.35. The monoisotopic (exact) mass is 407 g/mol. The molecule has 1 aliphatic rings. The number of methoxy groups -OCH3 is 1. The van der Waals surface area contributed by atoms with Crippen molar-refractivity contribution in [3.8, 4) is 11.5 Å². The second-order valence-corrected chi connectivity index (χ2v) is 8.62. The van der Waals surface area contributed by atoms with Gasteiger partial charge in [-0.15, -0.1) is 23.2 Å². The van der Waals surface area contributed by atoms with Crippen molar-refractivity contribution in [2.75, 3.05) is 14.2 Å². The maximum Gasteiger partial charge on any atom is 0.231 e. The van der Waals surface area contributed by atoms with Crippen molar-refractivity contribution in [1.82, 2.24) is 4.90 Å². The van der Waals surface area contributed by atoms with Crippen LogP contribution in [0.15, 0.2) is 48.5 Å². The Kier molecular flexibility index (Phi) is 5.59. The Hall–Kier alpha value is -1.91. The average Bonchev–Trinajstić information content (AvgIpc) is 3.19. The summed E-state index contributed by atoms with van der Waals surface area (Å²) >= 11 is 12.3. The third kappa shape index (κ3) is 4.17. The quantitative estimate of drug-likeness (QED) is 0.617. The molecule has 0 bridgehead atoms. The van der Waals surface area contributed by atoms with Crippen LogP contribution in [-0.4, -0.2) is 29.3 Å². The lowest BCUT2D eigenvalue weighted by Crippen LogP contribution is -2.34. The van der Waals surface area contributed by atoms with E-state index < -0.39 is 9.75 Å². The molecule has 6 heteroatoms. The van der Waals surface area contributed by atoms with E-state index in [0.717, 1.165) is 11.1 Å². The van der Waals surface area contributed by atoms with Crippen molar-refractivity contribution in [2.24, 2.45) is 5.41 Å². The molecule has 0 radical (unpaired) electrons. The third-order valence-electron chi connectivity index (χ3n) is 4.96. The number of nitrogens with zero attached hydrogens (tertiary/aromatic N) is 1. The minimum Gasteiger partial charge on any atom is -0.493 e. The summed E-state index contributed by atoms with van der Waals surface area (Å²) in [6.45, 7) is 2.70. The van der Waals surface area contributed by atoms with Gasteiger partial charge in [0.1, 0.15) is 10.9 Å². The van der Waals surface area contributed by atoms with E-state index in [1.54, 1.807) is 26.0 Å². The van der Waals surface area contributed by atoms with Gasteiger partial charge < -0.3 is 14.4 Å². The zero-order valence-corrected chi connectivity index (χ0v) is 17.2. The highest BCUT2D eigenvalue weighted by Gasteiger charge is 2.68. The molecule has 1 atom stereocenters. The van der Waals surface area contributed by atoms with Crippen molar-refractivity contribution in [2.45, 2.75) is 30.8 Å². The summed E-state index contributed by atoms with van der Waals surface area (Å²) in [5.41, 5.74) is 1.30. The molecule has 0 N–H and O–H groups in total. The van der Waals surface area contributed by atoms with Crippen molar-refractivity contribution in [1.29, 1.82) is 0 Å². The smallest absolute Gasteiger partial charge is 0.231 e. The van der Waals surface area contributed by atoms with Gasteiger partial charge in [-0.2, -0.15) is 0 Å². The normalized spacial score (nSPS) is 20.0. The minimum atomic E-state index is -0.967. The number of hydrogen-bond acceptors (Lipinski definition) is 3. The maximum atomic E-state index is 12.6. The van der Waals surface area contributed by atoms with E-state index in [0.29, 0.717) is 31.1 Å². The minimum absolute atomic E-state index is 0.0594. The van der Waals surface area contributed by atoms with Crippen LogP contribution in [0.4, 0.5) is 0 Å². The van der Waals surface area contributed by atoms with Gasteiger partial charge in [0.05, 0.1) is 12.5 Å². The highest BCUT2D eigenvalue weighted by molar-refractivity contribution is 6.53. The van der Waals surface area contributed by atoms with Crippen molar-refractivity contribution >= 4 is 29.1 Å². The molecule has 0 saturated heterocycles. The molecular weight excluding hydrogens is 385 g/mol. The summed E-state index contributed by atoms with van der Waals surface area (Å²) in [5.74, 6) is 1.23. The van der Waals surface area contributed by atoms with Gasteiger partial charge in [-0.25, -0.2) is 0 Å². The predicted octanol–water partition coefficient (Wildman–Crippen LogP) is 4.82. The molecule has 3 rings (SSSR count). The van der Waals surface area contributed by atoms with Crippen LogP contribution in [0.5, 0.6) is 11.5 Å². The fourth-order valence-electron chi connectivity index (χ4n) is 3.06. The van der Waals surface area contributed by atoms with E-state index in [1.807, 2.05) is 48.5 Å². The molecule has 144 valence electrons. The number of rotatable bonds is 7. The number of carbonyl (C=O) groups excluding carboxylic acids is 1. The van der Waals surface area contributed by atoms with E-state index in [2.05, 4.69) is 0 Å². The highest BCUT2D eigenvalue weighted by atomic mass is 35.5. The Labute approximate surface area is 170 Å². The second-order valence-electron chi connectivity index (χ2n) is 7.13. The third-order valence-corrected chi connectivity index (χ3v) is 6.06. The number of benzene rings is 2. The van der Waals surface area contributed by atoms with Gasteiger partial charge in [0.2, 0.25) is 5.91 Å². The molecule has 2 aromatic rings. The molecule has 1 saturated carbocycles. The number of hydrogen-bond donors (Lipinski definition) is 0. The first-order valence-electron chi connectivity index (χ1n) is 8.74. The molecule has 2 aromatic carbocycles. The SMILES string of the molecule is COc1cc(CN(C)C(=O)[C@]2(C)CC2(Cl)Cl)ccc1OCc1ccccc1. The van der Waals surface area contributed by atoms with E-state index in [-0.39, 0.29) is 5.91 Å². The zero-order chi connectivity index (χ0) is 19.7. The van der Waals surface area contributed by atoms with Gasteiger partial charge in [-0.05, 0) is 36.6 Å².